The molecule has 1 aliphatic heterocycles. The molecule has 0 aliphatic carbocycles. The fourth-order valence-corrected chi connectivity index (χ4v) is 3.53. The van der Waals surface area contributed by atoms with E-state index in [1.54, 1.807) is 0 Å². The summed E-state index contributed by atoms with van der Waals surface area (Å²) in [6, 6.07) is 14.1. The van der Waals surface area contributed by atoms with Crippen LogP contribution in [-0.2, 0) is 0 Å². The zero-order chi connectivity index (χ0) is 14.9. The Hall–Kier alpha value is -2.13. The Morgan fingerprint density at radius 2 is 2.18 bits per heavy atom. The molecule has 0 radical (unpaired) electrons. The summed E-state index contributed by atoms with van der Waals surface area (Å²) in [7, 11) is 0. The van der Waals surface area contributed by atoms with E-state index in [9.17, 15) is 0 Å². The first kappa shape index (κ1) is 13.5. The van der Waals surface area contributed by atoms with E-state index in [-0.39, 0.29) is 0 Å². The minimum atomic E-state index is 0.476. The summed E-state index contributed by atoms with van der Waals surface area (Å²) in [5.74, 6) is 0. The van der Waals surface area contributed by atoms with Gasteiger partial charge in [-0.2, -0.15) is 0 Å². The average molecular weight is 291 g/mol. The number of pyridine rings is 1. The highest BCUT2D eigenvalue weighted by atomic mass is 15.1. The maximum Gasteiger partial charge on any atom is 0.0489 e. The highest BCUT2D eigenvalue weighted by molar-refractivity contribution is 5.85. The molecule has 22 heavy (non-hydrogen) atoms. The molecule has 4 rings (SSSR count). The molecule has 0 spiro atoms. The van der Waals surface area contributed by atoms with Gasteiger partial charge in [0.2, 0.25) is 0 Å². The van der Waals surface area contributed by atoms with Crippen molar-refractivity contribution in [2.75, 3.05) is 6.54 Å². The first-order valence-electron chi connectivity index (χ1n) is 8.07. The number of hydrogen-bond donors (Lipinski definition) is 1. The topological polar surface area (TPSA) is 29.9 Å². The monoisotopic (exact) mass is 291 g/mol. The Morgan fingerprint density at radius 3 is 2.95 bits per heavy atom. The molecule has 1 saturated heterocycles. The number of hydrogen-bond acceptors (Lipinski definition) is 2. The van der Waals surface area contributed by atoms with Crippen LogP contribution < -0.4 is 5.32 Å². The molecule has 112 valence electrons. The second-order valence-electron chi connectivity index (χ2n) is 6.18. The second-order valence-corrected chi connectivity index (χ2v) is 6.18. The predicted molar refractivity (Wildman–Crippen MR) is 90.9 cm³/mol. The highest BCUT2D eigenvalue weighted by Crippen LogP contribution is 2.29. The molecule has 1 fully saturated rings. The van der Waals surface area contributed by atoms with Crippen molar-refractivity contribution in [3.05, 3.63) is 55.0 Å². The number of rotatable bonds is 3. The molecular formula is C19H21N3. The quantitative estimate of drug-likeness (QED) is 0.790. The highest BCUT2D eigenvalue weighted by Gasteiger charge is 2.22. The van der Waals surface area contributed by atoms with Crippen molar-refractivity contribution in [2.45, 2.75) is 31.8 Å². The van der Waals surface area contributed by atoms with Gasteiger partial charge in [0.25, 0.3) is 0 Å². The molecule has 3 aromatic rings. The van der Waals surface area contributed by atoms with Crippen LogP contribution in [0.2, 0.25) is 0 Å². The molecule has 2 atom stereocenters. The van der Waals surface area contributed by atoms with Crippen LogP contribution in [-0.4, -0.2) is 22.1 Å². The molecule has 2 unspecified atom stereocenters. The van der Waals surface area contributed by atoms with E-state index in [0.29, 0.717) is 12.1 Å². The van der Waals surface area contributed by atoms with Gasteiger partial charge in [0.05, 0.1) is 0 Å². The minimum Gasteiger partial charge on any atom is -0.343 e. The third kappa shape index (κ3) is 2.32. The molecule has 1 aliphatic rings. The summed E-state index contributed by atoms with van der Waals surface area (Å²) in [4.78, 5) is 4.23. The number of benzene rings is 1. The fourth-order valence-electron chi connectivity index (χ4n) is 3.53. The number of nitrogens with one attached hydrogen (secondary N) is 1. The van der Waals surface area contributed by atoms with Gasteiger partial charge in [-0.3, -0.25) is 4.98 Å². The Morgan fingerprint density at radius 1 is 1.23 bits per heavy atom. The summed E-state index contributed by atoms with van der Waals surface area (Å²) in [6.45, 7) is 3.47. The Balaban J connectivity index is 1.76. The molecule has 3 heterocycles. The Kier molecular flexibility index (Phi) is 3.43. The van der Waals surface area contributed by atoms with E-state index < -0.39 is 0 Å². The van der Waals surface area contributed by atoms with E-state index in [1.165, 1.54) is 34.9 Å². The van der Waals surface area contributed by atoms with Crippen molar-refractivity contribution in [3.8, 4) is 11.1 Å². The van der Waals surface area contributed by atoms with E-state index in [0.717, 1.165) is 6.54 Å². The summed E-state index contributed by atoms with van der Waals surface area (Å²) in [5, 5.41) is 4.93. The molecular weight excluding hydrogens is 270 g/mol. The smallest absolute Gasteiger partial charge is 0.0489 e. The standard InChI is InChI=1S/C19H21N3/c1-14(18-5-3-10-21-18)22-11-8-15-6-7-16(12-19(15)22)17-4-2-9-20-13-17/h2,4,6-9,11-14,18,21H,3,5,10H2,1H3. The van der Waals surface area contributed by atoms with Crippen LogP contribution in [0.15, 0.2) is 55.0 Å². The largest absolute Gasteiger partial charge is 0.343 e. The minimum absolute atomic E-state index is 0.476. The van der Waals surface area contributed by atoms with Gasteiger partial charge in [-0.25, -0.2) is 0 Å². The molecule has 2 aromatic heterocycles. The maximum atomic E-state index is 4.23. The van der Waals surface area contributed by atoms with Crippen LogP contribution in [0, 0.1) is 0 Å². The Bertz CT molecular complexity index is 770. The van der Waals surface area contributed by atoms with Gasteiger partial charge in [-0.15, -0.1) is 0 Å². The normalized spacial score (nSPS) is 19.6. The third-order valence-electron chi connectivity index (χ3n) is 4.84. The van der Waals surface area contributed by atoms with Crippen LogP contribution in [0.4, 0.5) is 0 Å². The lowest BCUT2D eigenvalue weighted by Gasteiger charge is -2.22. The zero-order valence-electron chi connectivity index (χ0n) is 12.9. The lowest BCUT2D eigenvalue weighted by atomic mass is 10.1. The van der Waals surface area contributed by atoms with Gasteiger partial charge in [0.15, 0.2) is 0 Å². The number of fused-ring (bicyclic) bond motifs is 1. The first-order chi connectivity index (χ1) is 10.8. The van der Waals surface area contributed by atoms with Crippen LogP contribution in [0.25, 0.3) is 22.0 Å². The van der Waals surface area contributed by atoms with Gasteiger partial charge in [-0.1, -0.05) is 18.2 Å². The van der Waals surface area contributed by atoms with Crippen molar-refractivity contribution in [2.24, 2.45) is 0 Å². The van der Waals surface area contributed by atoms with Crippen LogP contribution >= 0.6 is 0 Å². The number of aromatic nitrogens is 2. The SMILES string of the molecule is CC(C1CCCN1)n1ccc2ccc(-c3cccnc3)cc21. The molecule has 3 heteroatoms. The van der Waals surface area contributed by atoms with E-state index in [2.05, 4.69) is 58.3 Å². The van der Waals surface area contributed by atoms with E-state index >= 15 is 0 Å². The molecule has 1 aromatic carbocycles. The van der Waals surface area contributed by atoms with Crippen LogP contribution in [0.5, 0.6) is 0 Å². The number of nitrogens with zero attached hydrogens (tertiary/aromatic N) is 2. The van der Waals surface area contributed by atoms with Crippen molar-refractivity contribution in [1.29, 1.82) is 0 Å². The molecule has 0 amide bonds. The maximum absolute atomic E-state index is 4.23. The molecule has 0 saturated carbocycles. The van der Waals surface area contributed by atoms with Crippen molar-refractivity contribution >= 4 is 10.9 Å². The van der Waals surface area contributed by atoms with E-state index in [1.807, 2.05) is 18.5 Å². The Labute approximate surface area is 131 Å². The predicted octanol–water partition coefficient (Wildman–Crippen LogP) is 4.02. The van der Waals surface area contributed by atoms with Crippen molar-refractivity contribution in [1.82, 2.24) is 14.9 Å². The second kappa shape index (κ2) is 5.58. The summed E-state index contributed by atoms with van der Waals surface area (Å²) < 4.78 is 2.41. The van der Waals surface area contributed by atoms with Crippen molar-refractivity contribution in [3.63, 3.8) is 0 Å². The zero-order valence-corrected chi connectivity index (χ0v) is 12.9. The molecule has 0 bridgehead atoms. The van der Waals surface area contributed by atoms with Gasteiger partial charge in [-0.05, 0) is 55.5 Å². The molecule has 1 N–H and O–H groups in total. The van der Waals surface area contributed by atoms with Gasteiger partial charge in [0, 0.05) is 41.8 Å². The van der Waals surface area contributed by atoms with E-state index in [4.69, 9.17) is 0 Å². The first-order valence-corrected chi connectivity index (χ1v) is 8.07. The van der Waals surface area contributed by atoms with Gasteiger partial charge >= 0.3 is 0 Å². The third-order valence-corrected chi connectivity index (χ3v) is 4.84. The molecule has 3 nitrogen and oxygen atoms in total. The summed E-state index contributed by atoms with van der Waals surface area (Å²) in [5.41, 5.74) is 3.71. The fraction of sp³-hybridized carbons (Fsp3) is 0.316. The average Bonchev–Trinajstić information content (AvgIpc) is 3.24. The summed E-state index contributed by atoms with van der Waals surface area (Å²) >= 11 is 0. The lowest BCUT2D eigenvalue weighted by molar-refractivity contribution is 0.419. The lowest BCUT2D eigenvalue weighted by Crippen LogP contribution is -2.30. The van der Waals surface area contributed by atoms with Crippen LogP contribution in [0.1, 0.15) is 25.8 Å². The summed E-state index contributed by atoms with van der Waals surface area (Å²) in [6.07, 6.45) is 8.52. The van der Waals surface area contributed by atoms with Gasteiger partial charge in [0.1, 0.15) is 0 Å². The van der Waals surface area contributed by atoms with Gasteiger partial charge < -0.3 is 9.88 Å². The van der Waals surface area contributed by atoms with Crippen LogP contribution in [0.3, 0.4) is 0 Å². The van der Waals surface area contributed by atoms with Crippen molar-refractivity contribution < 1.29 is 0 Å².